The highest BCUT2D eigenvalue weighted by Crippen LogP contribution is 2.41. The van der Waals surface area contributed by atoms with E-state index >= 15 is 4.39 Å². The number of halogens is 1. The highest BCUT2D eigenvalue weighted by molar-refractivity contribution is 5.84. The molecule has 0 radical (unpaired) electrons. The first-order chi connectivity index (χ1) is 19.8. The van der Waals surface area contributed by atoms with Crippen LogP contribution in [0.2, 0.25) is 0 Å². The zero-order valence-electron chi connectivity index (χ0n) is 22.0. The summed E-state index contributed by atoms with van der Waals surface area (Å²) in [5.74, 6) is -0.627. The van der Waals surface area contributed by atoms with Crippen LogP contribution in [-0.4, -0.2) is 41.8 Å². The maximum absolute atomic E-state index is 15.3. The van der Waals surface area contributed by atoms with E-state index in [0.717, 1.165) is 18.4 Å². The van der Waals surface area contributed by atoms with Gasteiger partial charge in [-0.3, -0.25) is 18.8 Å². The van der Waals surface area contributed by atoms with Gasteiger partial charge in [-0.25, -0.2) is 4.39 Å². The Morgan fingerprint density at radius 3 is 2.76 bits per heavy atom. The van der Waals surface area contributed by atoms with Crippen LogP contribution < -0.4 is 22.3 Å². The van der Waals surface area contributed by atoms with Crippen molar-refractivity contribution >= 4 is 34.3 Å². The molecule has 1 fully saturated rings. The van der Waals surface area contributed by atoms with E-state index in [9.17, 15) is 9.59 Å². The molecule has 1 saturated carbocycles. The van der Waals surface area contributed by atoms with Crippen molar-refractivity contribution in [3.05, 3.63) is 82.3 Å². The predicted molar refractivity (Wildman–Crippen MR) is 150 cm³/mol. The van der Waals surface area contributed by atoms with Crippen LogP contribution in [0.3, 0.4) is 0 Å². The molecule has 13 heteroatoms. The van der Waals surface area contributed by atoms with Crippen LogP contribution in [0.25, 0.3) is 27.8 Å². The Hall–Kier alpha value is -5.17. The number of aryl methyl sites for hydroxylation is 1. The highest BCUT2D eigenvalue weighted by atomic mass is 19.1. The zero-order chi connectivity index (χ0) is 28.7. The summed E-state index contributed by atoms with van der Waals surface area (Å²) < 4.78 is 23.6. The fourth-order valence-corrected chi connectivity index (χ4v) is 4.75. The summed E-state index contributed by atoms with van der Waals surface area (Å²) in [7, 11) is 1.77. The molecule has 3 aromatic heterocycles. The fourth-order valence-electron chi connectivity index (χ4n) is 4.75. The minimum atomic E-state index is -0.649. The minimum Gasteiger partial charge on any atom is -0.460 e. The summed E-state index contributed by atoms with van der Waals surface area (Å²) in [5, 5.41) is 7.64. The van der Waals surface area contributed by atoms with Gasteiger partial charge in [-0.05, 0) is 47.9 Å². The molecule has 3 heterocycles. The summed E-state index contributed by atoms with van der Waals surface area (Å²) in [5.41, 5.74) is 13.6. The number of anilines is 3. The Bertz CT molecular complexity index is 1860. The average Bonchev–Trinajstić information content (AvgIpc) is 3.73. The van der Waals surface area contributed by atoms with E-state index in [2.05, 4.69) is 25.4 Å². The second kappa shape index (κ2) is 10.4. The van der Waals surface area contributed by atoms with Crippen LogP contribution in [0.4, 0.5) is 22.0 Å². The number of fused-ring (bicyclic) bond motifs is 1. The van der Waals surface area contributed by atoms with E-state index in [-0.39, 0.29) is 36.3 Å². The van der Waals surface area contributed by atoms with Crippen molar-refractivity contribution in [2.24, 2.45) is 12.8 Å². The number of benzene rings is 2. The molecule has 0 aliphatic heterocycles. The maximum Gasteiger partial charge on any atom is 0.320 e. The SMILES string of the molecule is Cn1cc(Nc2nc(N)nc(-c3cccc(-n4ccc5cc(C6CC6)cc(F)c5c4=O)c3COC(=O)CN)n2)cn1. The van der Waals surface area contributed by atoms with Gasteiger partial charge in [0.2, 0.25) is 11.9 Å². The van der Waals surface area contributed by atoms with Gasteiger partial charge in [-0.15, -0.1) is 0 Å². The summed E-state index contributed by atoms with van der Waals surface area (Å²) >= 11 is 0. The fraction of sp³-hybridized carbons (Fsp3) is 0.214. The molecule has 0 amide bonds. The standard InChI is InChI=1S/C28H26FN9O3/c1-37-13-18(12-32-37)33-28-35-25(34-27(31)36-28)19-3-2-4-22(20(19)14-41-23(39)11-30)38-8-7-16-9-17(15-5-6-15)10-21(29)24(16)26(38)40/h2-4,7-10,12-13,15H,5-6,11,14,30H2,1H3,(H3,31,33,34,35,36). The number of nitrogen functional groups attached to an aromatic ring is 1. The van der Waals surface area contributed by atoms with Gasteiger partial charge in [0, 0.05) is 30.6 Å². The maximum atomic E-state index is 15.3. The van der Waals surface area contributed by atoms with Crippen molar-refractivity contribution in [1.29, 1.82) is 0 Å². The number of hydrogen-bond acceptors (Lipinski definition) is 10. The number of nitrogens with one attached hydrogen (secondary N) is 1. The molecule has 5 aromatic rings. The molecule has 5 N–H and O–H groups in total. The van der Waals surface area contributed by atoms with E-state index in [1.165, 1.54) is 10.6 Å². The van der Waals surface area contributed by atoms with Crippen molar-refractivity contribution in [3.63, 3.8) is 0 Å². The number of nitrogens with two attached hydrogens (primary N) is 2. The van der Waals surface area contributed by atoms with Crippen molar-refractivity contribution < 1.29 is 13.9 Å². The molecule has 1 aliphatic rings. The zero-order valence-corrected chi connectivity index (χ0v) is 22.0. The Morgan fingerprint density at radius 2 is 2.02 bits per heavy atom. The van der Waals surface area contributed by atoms with Crippen LogP contribution in [0, 0.1) is 5.82 Å². The first kappa shape index (κ1) is 26.1. The lowest BCUT2D eigenvalue weighted by Crippen LogP contribution is -2.22. The third-order valence-electron chi connectivity index (χ3n) is 6.84. The second-order valence-corrected chi connectivity index (χ2v) is 9.77. The predicted octanol–water partition coefficient (Wildman–Crippen LogP) is 2.92. The Kier molecular flexibility index (Phi) is 6.63. The molecule has 2 aromatic carbocycles. The van der Waals surface area contributed by atoms with Gasteiger partial charge in [-0.1, -0.05) is 18.2 Å². The van der Waals surface area contributed by atoms with Crippen LogP contribution >= 0.6 is 0 Å². The van der Waals surface area contributed by atoms with Gasteiger partial charge in [0.1, 0.15) is 12.4 Å². The molecule has 41 heavy (non-hydrogen) atoms. The number of rotatable bonds is 8. The summed E-state index contributed by atoms with van der Waals surface area (Å²) in [6.07, 6.45) is 6.93. The third kappa shape index (κ3) is 5.22. The Morgan fingerprint density at radius 1 is 1.20 bits per heavy atom. The highest BCUT2D eigenvalue weighted by Gasteiger charge is 2.25. The lowest BCUT2D eigenvalue weighted by atomic mass is 10.0. The van der Waals surface area contributed by atoms with Crippen LogP contribution in [0.5, 0.6) is 0 Å². The van der Waals surface area contributed by atoms with Gasteiger partial charge in [-0.2, -0.15) is 20.1 Å². The van der Waals surface area contributed by atoms with E-state index in [0.29, 0.717) is 33.8 Å². The van der Waals surface area contributed by atoms with Gasteiger partial charge in [0.05, 0.1) is 29.5 Å². The van der Waals surface area contributed by atoms with Gasteiger partial charge in [0.15, 0.2) is 5.82 Å². The Balaban J connectivity index is 1.49. The van der Waals surface area contributed by atoms with Crippen molar-refractivity contribution in [2.75, 3.05) is 17.6 Å². The Labute approximate surface area is 232 Å². The van der Waals surface area contributed by atoms with Crippen LogP contribution in [0.15, 0.2) is 59.8 Å². The number of esters is 1. The number of pyridine rings is 1. The third-order valence-corrected chi connectivity index (χ3v) is 6.84. The van der Waals surface area contributed by atoms with E-state index in [1.54, 1.807) is 54.6 Å². The van der Waals surface area contributed by atoms with E-state index < -0.39 is 17.3 Å². The molecular formula is C28H26FN9O3. The number of ether oxygens (including phenoxy) is 1. The van der Waals surface area contributed by atoms with E-state index in [4.69, 9.17) is 16.2 Å². The van der Waals surface area contributed by atoms with Crippen LogP contribution in [0.1, 0.15) is 29.9 Å². The molecule has 0 bridgehead atoms. The lowest BCUT2D eigenvalue weighted by Gasteiger charge is -2.17. The summed E-state index contributed by atoms with van der Waals surface area (Å²) in [4.78, 5) is 38.7. The largest absolute Gasteiger partial charge is 0.460 e. The minimum absolute atomic E-state index is 0.0282. The van der Waals surface area contributed by atoms with E-state index in [1.807, 2.05) is 6.07 Å². The molecule has 208 valence electrons. The normalized spacial score (nSPS) is 13.0. The number of aromatic nitrogens is 6. The van der Waals surface area contributed by atoms with Gasteiger partial charge in [0.25, 0.3) is 5.56 Å². The number of nitrogens with zero attached hydrogens (tertiary/aromatic N) is 6. The van der Waals surface area contributed by atoms with Crippen LogP contribution in [-0.2, 0) is 23.2 Å². The topological polar surface area (TPSA) is 169 Å². The monoisotopic (exact) mass is 555 g/mol. The number of carbonyl (C=O) groups is 1. The van der Waals surface area contributed by atoms with Crippen molar-refractivity contribution in [3.8, 4) is 17.1 Å². The first-order valence-electron chi connectivity index (χ1n) is 12.9. The smallest absolute Gasteiger partial charge is 0.320 e. The molecule has 0 spiro atoms. The first-order valence-corrected chi connectivity index (χ1v) is 12.9. The lowest BCUT2D eigenvalue weighted by molar-refractivity contribution is -0.143. The van der Waals surface area contributed by atoms with Gasteiger partial charge < -0.3 is 21.5 Å². The molecule has 6 rings (SSSR count). The number of carbonyl (C=O) groups excluding carboxylic acids is 1. The molecule has 0 atom stereocenters. The summed E-state index contributed by atoms with van der Waals surface area (Å²) in [6, 6.07) is 10.1. The summed E-state index contributed by atoms with van der Waals surface area (Å²) in [6.45, 7) is -0.591. The van der Waals surface area contributed by atoms with Crippen molar-refractivity contribution in [2.45, 2.75) is 25.4 Å². The van der Waals surface area contributed by atoms with Gasteiger partial charge >= 0.3 is 5.97 Å². The molecular weight excluding hydrogens is 529 g/mol. The number of hydrogen-bond donors (Lipinski definition) is 3. The van der Waals surface area contributed by atoms with Crippen molar-refractivity contribution in [1.82, 2.24) is 29.3 Å². The molecule has 0 unspecified atom stereocenters. The quantitative estimate of drug-likeness (QED) is 0.242. The second-order valence-electron chi connectivity index (χ2n) is 9.77. The average molecular weight is 556 g/mol. The molecule has 0 saturated heterocycles. The molecule has 1 aliphatic carbocycles. The molecule has 12 nitrogen and oxygen atoms in total.